The van der Waals surface area contributed by atoms with Gasteiger partial charge in [-0.3, -0.25) is 4.79 Å². The fourth-order valence-corrected chi connectivity index (χ4v) is 3.80. The zero-order valence-electron chi connectivity index (χ0n) is 15.1. The molecule has 1 aliphatic rings. The zero-order valence-corrected chi connectivity index (χ0v) is 15.1. The molecule has 1 atom stereocenters. The molecule has 1 aromatic heterocycles. The highest BCUT2D eigenvalue weighted by Crippen LogP contribution is 2.31. The summed E-state index contributed by atoms with van der Waals surface area (Å²) in [6.07, 6.45) is 9.60. The van der Waals surface area contributed by atoms with E-state index in [1.807, 2.05) is 12.1 Å². The van der Waals surface area contributed by atoms with Crippen LogP contribution < -0.4 is 5.73 Å². The molecule has 3 rings (SSSR count). The summed E-state index contributed by atoms with van der Waals surface area (Å²) in [6.45, 7) is 0. The molecule has 140 valence electrons. The number of nitrogens with zero attached hydrogens (tertiary/aromatic N) is 2. The Labute approximate surface area is 153 Å². The molecule has 0 amide bonds. The maximum atomic E-state index is 11.3. The Bertz CT molecular complexity index is 705. The van der Waals surface area contributed by atoms with Crippen molar-refractivity contribution < 1.29 is 14.4 Å². The lowest BCUT2D eigenvalue weighted by Gasteiger charge is -2.21. The Kier molecular flexibility index (Phi) is 6.26. The summed E-state index contributed by atoms with van der Waals surface area (Å²) in [5, 5.41) is 13.3. The standard InChI is InChI=1S/C20H27N3O3/c21-17-11-9-15(10-12-17)19-22-20(26-23-19)16(13-18(24)25)8-4-7-14-5-2-1-3-6-14/h9-12,14,16H,1-8,13,21H2,(H,24,25). The number of rotatable bonds is 8. The van der Waals surface area contributed by atoms with E-state index >= 15 is 0 Å². The Balaban J connectivity index is 1.63. The van der Waals surface area contributed by atoms with Crippen molar-refractivity contribution in [3.63, 3.8) is 0 Å². The normalized spacial score (nSPS) is 16.5. The maximum Gasteiger partial charge on any atom is 0.304 e. The lowest BCUT2D eigenvalue weighted by molar-refractivity contribution is -0.137. The molecule has 2 aromatic rings. The second kappa shape index (κ2) is 8.83. The summed E-state index contributed by atoms with van der Waals surface area (Å²) < 4.78 is 5.40. The summed E-state index contributed by atoms with van der Waals surface area (Å²) in [5.74, 6) is 0.624. The largest absolute Gasteiger partial charge is 0.481 e. The number of carboxylic acids is 1. The van der Waals surface area contributed by atoms with Crippen molar-refractivity contribution >= 4 is 11.7 Å². The average Bonchev–Trinajstić information content (AvgIpc) is 3.12. The molecule has 1 heterocycles. The van der Waals surface area contributed by atoms with Gasteiger partial charge in [-0.05, 0) is 36.6 Å². The molecule has 1 aromatic carbocycles. The highest BCUT2D eigenvalue weighted by Gasteiger charge is 2.23. The third kappa shape index (κ3) is 5.07. The molecule has 26 heavy (non-hydrogen) atoms. The Morgan fingerprint density at radius 3 is 2.65 bits per heavy atom. The van der Waals surface area contributed by atoms with Gasteiger partial charge in [-0.25, -0.2) is 0 Å². The first-order valence-electron chi connectivity index (χ1n) is 9.53. The van der Waals surface area contributed by atoms with Crippen LogP contribution in [0.4, 0.5) is 5.69 Å². The smallest absolute Gasteiger partial charge is 0.304 e. The Hall–Kier alpha value is -2.37. The van der Waals surface area contributed by atoms with Gasteiger partial charge in [0.05, 0.1) is 6.42 Å². The molecule has 0 radical (unpaired) electrons. The predicted molar refractivity (Wildman–Crippen MR) is 99.6 cm³/mol. The van der Waals surface area contributed by atoms with Crippen LogP contribution in [0.2, 0.25) is 0 Å². The molecule has 3 N–H and O–H groups in total. The van der Waals surface area contributed by atoms with Gasteiger partial charge in [0.25, 0.3) is 0 Å². The average molecular weight is 357 g/mol. The fraction of sp³-hybridized carbons (Fsp3) is 0.550. The van der Waals surface area contributed by atoms with Gasteiger partial charge in [0, 0.05) is 17.2 Å². The molecular formula is C20H27N3O3. The van der Waals surface area contributed by atoms with Crippen LogP contribution in [0.25, 0.3) is 11.4 Å². The molecule has 0 spiro atoms. The van der Waals surface area contributed by atoms with Gasteiger partial charge in [-0.2, -0.15) is 4.98 Å². The number of carbonyl (C=O) groups is 1. The van der Waals surface area contributed by atoms with Crippen LogP contribution in [-0.4, -0.2) is 21.2 Å². The number of nitrogens with two attached hydrogens (primary N) is 1. The van der Waals surface area contributed by atoms with Crippen molar-refractivity contribution in [2.75, 3.05) is 5.73 Å². The topological polar surface area (TPSA) is 102 Å². The lowest BCUT2D eigenvalue weighted by atomic mass is 9.84. The molecule has 1 aliphatic carbocycles. The number of aliphatic carboxylic acids is 1. The second-order valence-electron chi connectivity index (χ2n) is 7.31. The SMILES string of the molecule is Nc1ccc(-c2noc(C(CCCC3CCCCC3)CC(=O)O)n2)cc1. The fourth-order valence-electron chi connectivity index (χ4n) is 3.80. The van der Waals surface area contributed by atoms with Gasteiger partial charge in [0.2, 0.25) is 11.7 Å². The van der Waals surface area contributed by atoms with Gasteiger partial charge in [-0.1, -0.05) is 50.1 Å². The maximum absolute atomic E-state index is 11.3. The Morgan fingerprint density at radius 1 is 1.23 bits per heavy atom. The first-order chi connectivity index (χ1) is 12.6. The molecule has 1 fully saturated rings. The van der Waals surface area contributed by atoms with E-state index in [4.69, 9.17) is 10.3 Å². The van der Waals surface area contributed by atoms with Crippen LogP contribution in [0.5, 0.6) is 0 Å². The van der Waals surface area contributed by atoms with E-state index in [0.29, 0.717) is 17.4 Å². The number of nitrogen functional groups attached to an aromatic ring is 1. The molecule has 6 heteroatoms. The lowest BCUT2D eigenvalue weighted by Crippen LogP contribution is -2.09. The predicted octanol–water partition coefficient (Wildman–Crippen LogP) is 4.63. The molecule has 0 aliphatic heterocycles. The van der Waals surface area contributed by atoms with E-state index in [9.17, 15) is 9.90 Å². The quantitative estimate of drug-likeness (QED) is 0.668. The van der Waals surface area contributed by atoms with Crippen LogP contribution in [0.15, 0.2) is 28.8 Å². The number of aromatic nitrogens is 2. The van der Waals surface area contributed by atoms with E-state index in [1.54, 1.807) is 12.1 Å². The minimum Gasteiger partial charge on any atom is -0.481 e. The van der Waals surface area contributed by atoms with Gasteiger partial charge < -0.3 is 15.4 Å². The Morgan fingerprint density at radius 2 is 1.96 bits per heavy atom. The zero-order chi connectivity index (χ0) is 18.4. The van der Waals surface area contributed by atoms with E-state index in [-0.39, 0.29) is 12.3 Å². The van der Waals surface area contributed by atoms with Crippen LogP contribution in [0.1, 0.15) is 69.6 Å². The third-order valence-corrected chi connectivity index (χ3v) is 5.27. The third-order valence-electron chi connectivity index (χ3n) is 5.27. The molecule has 1 unspecified atom stereocenters. The van der Waals surface area contributed by atoms with Gasteiger partial charge in [0.15, 0.2) is 0 Å². The van der Waals surface area contributed by atoms with Crippen molar-refractivity contribution in [1.82, 2.24) is 10.1 Å². The van der Waals surface area contributed by atoms with Gasteiger partial charge in [-0.15, -0.1) is 0 Å². The van der Waals surface area contributed by atoms with E-state index in [2.05, 4.69) is 10.1 Å². The van der Waals surface area contributed by atoms with Gasteiger partial charge >= 0.3 is 5.97 Å². The highest BCUT2D eigenvalue weighted by atomic mass is 16.5. The summed E-state index contributed by atoms with van der Waals surface area (Å²) in [7, 11) is 0. The summed E-state index contributed by atoms with van der Waals surface area (Å²) in [5.41, 5.74) is 7.18. The molecule has 0 saturated heterocycles. The van der Waals surface area contributed by atoms with E-state index < -0.39 is 5.97 Å². The van der Waals surface area contributed by atoms with Crippen molar-refractivity contribution in [1.29, 1.82) is 0 Å². The first-order valence-corrected chi connectivity index (χ1v) is 9.53. The van der Waals surface area contributed by atoms with Crippen molar-refractivity contribution in [3.8, 4) is 11.4 Å². The van der Waals surface area contributed by atoms with Crippen molar-refractivity contribution in [2.45, 2.75) is 63.7 Å². The summed E-state index contributed by atoms with van der Waals surface area (Å²) in [6, 6.07) is 7.23. The highest BCUT2D eigenvalue weighted by molar-refractivity contribution is 5.67. The van der Waals surface area contributed by atoms with Crippen LogP contribution in [0.3, 0.4) is 0 Å². The summed E-state index contributed by atoms with van der Waals surface area (Å²) >= 11 is 0. The molecule has 1 saturated carbocycles. The number of hydrogen-bond donors (Lipinski definition) is 2. The minimum atomic E-state index is -0.833. The monoisotopic (exact) mass is 357 g/mol. The summed E-state index contributed by atoms with van der Waals surface area (Å²) in [4.78, 5) is 15.7. The molecule has 6 nitrogen and oxygen atoms in total. The second-order valence-corrected chi connectivity index (χ2v) is 7.31. The minimum absolute atomic E-state index is 0.0219. The number of hydrogen-bond acceptors (Lipinski definition) is 5. The number of anilines is 1. The van der Waals surface area contributed by atoms with E-state index in [1.165, 1.54) is 32.1 Å². The molecular weight excluding hydrogens is 330 g/mol. The van der Waals surface area contributed by atoms with Crippen molar-refractivity contribution in [3.05, 3.63) is 30.2 Å². The number of benzene rings is 1. The van der Waals surface area contributed by atoms with Crippen LogP contribution in [0, 0.1) is 5.92 Å². The van der Waals surface area contributed by atoms with Crippen LogP contribution in [-0.2, 0) is 4.79 Å². The van der Waals surface area contributed by atoms with Crippen molar-refractivity contribution in [2.24, 2.45) is 5.92 Å². The molecule has 0 bridgehead atoms. The van der Waals surface area contributed by atoms with Crippen LogP contribution >= 0.6 is 0 Å². The first kappa shape index (κ1) is 18.4. The van der Waals surface area contributed by atoms with Gasteiger partial charge in [0.1, 0.15) is 0 Å². The number of carboxylic acid groups (broad SMARTS) is 1. The van der Waals surface area contributed by atoms with E-state index in [0.717, 1.165) is 30.7 Å².